The summed E-state index contributed by atoms with van der Waals surface area (Å²) in [5.74, 6) is 1.15. The summed E-state index contributed by atoms with van der Waals surface area (Å²) >= 11 is 0. The molecule has 0 radical (unpaired) electrons. The summed E-state index contributed by atoms with van der Waals surface area (Å²) in [7, 11) is -3.83. The second kappa shape index (κ2) is 6.73. The third-order valence-electron chi connectivity index (χ3n) is 3.86. The first-order chi connectivity index (χ1) is 11.8. The number of nitrogens with two attached hydrogens (primary N) is 1. The van der Waals surface area contributed by atoms with Gasteiger partial charge < -0.3 is 14.8 Å². The van der Waals surface area contributed by atoms with Gasteiger partial charge in [-0.3, -0.25) is 4.79 Å². The van der Waals surface area contributed by atoms with E-state index >= 15 is 0 Å². The Hall–Kier alpha value is -2.58. The quantitative estimate of drug-likeness (QED) is 0.845. The monoisotopic (exact) mass is 362 g/mol. The fourth-order valence-corrected chi connectivity index (χ4v) is 3.37. The highest BCUT2D eigenvalue weighted by atomic mass is 32.2. The predicted octanol–water partition coefficient (Wildman–Crippen LogP) is 1.94. The lowest BCUT2D eigenvalue weighted by Crippen LogP contribution is -2.16. The maximum Gasteiger partial charge on any atom is 0.238 e. The molecule has 25 heavy (non-hydrogen) atoms. The molecular weight excluding hydrogens is 344 g/mol. The van der Waals surface area contributed by atoms with Crippen LogP contribution in [-0.2, 0) is 21.2 Å². The number of carbonyl (C=O) groups excluding carboxylic acids is 1. The molecule has 0 saturated carbocycles. The molecule has 0 fully saturated rings. The molecule has 3 rings (SSSR count). The van der Waals surface area contributed by atoms with Crippen molar-refractivity contribution in [2.24, 2.45) is 5.14 Å². The van der Waals surface area contributed by atoms with E-state index in [2.05, 4.69) is 5.32 Å². The lowest BCUT2D eigenvalue weighted by Gasteiger charge is -2.09. The number of hydrogen-bond donors (Lipinski definition) is 2. The molecule has 0 bridgehead atoms. The molecule has 1 amide bonds. The minimum atomic E-state index is -3.83. The molecule has 3 N–H and O–H groups in total. The Morgan fingerprint density at radius 1 is 1.16 bits per heavy atom. The molecule has 0 saturated heterocycles. The second-order valence-corrected chi connectivity index (χ2v) is 7.29. The molecule has 2 aromatic rings. The van der Waals surface area contributed by atoms with E-state index in [9.17, 15) is 13.2 Å². The maximum absolute atomic E-state index is 12.1. The van der Waals surface area contributed by atoms with Crippen molar-refractivity contribution in [3.05, 3.63) is 47.5 Å². The van der Waals surface area contributed by atoms with Crippen molar-refractivity contribution in [3.63, 3.8) is 0 Å². The molecule has 1 aliphatic rings. The summed E-state index contributed by atoms with van der Waals surface area (Å²) in [4.78, 5) is 12.1. The molecular formula is C17H18N2O5S. The van der Waals surface area contributed by atoms with Gasteiger partial charge in [-0.05, 0) is 48.7 Å². The van der Waals surface area contributed by atoms with Gasteiger partial charge in [0.15, 0.2) is 11.5 Å². The van der Waals surface area contributed by atoms with E-state index in [4.69, 9.17) is 14.6 Å². The van der Waals surface area contributed by atoms with Crippen LogP contribution in [0.3, 0.4) is 0 Å². The Labute approximate surface area is 145 Å². The Kier molecular flexibility index (Phi) is 4.65. The molecule has 0 atom stereocenters. The summed E-state index contributed by atoms with van der Waals surface area (Å²) in [6.07, 6.45) is 0.772. The molecule has 2 aromatic carbocycles. The second-order valence-electron chi connectivity index (χ2n) is 5.76. The molecule has 8 heteroatoms. The Balaban J connectivity index is 1.63. The van der Waals surface area contributed by atoms with E-state index in [1.165, 1.54) is 6.07 Å². The van der Waals surface area contributed by atoms with E-state index < -0.39 is 10.0 Å². The minimum absolute atomic E-state index is 0.000992. The number of primary sulfonamides is 1. The van der Waals surface area contributed by atoms with E-state index in [1.807, 2.05) is 18.2 Å². The molecule has 0 aromatic heterocycles. The number of anilines is 1. The Morgan fingerprint density at radius 3 is 2.68 bits per heavy atom. The van der Waals surface area contributed by atoms with Gasteiger partial charge in [-0.25, -0.2) is 13.6 Å². The van der Waals surface area contributed by atoms with Crippen LogP contribution in [0.2, 0.25) is 0 Å². The lowest BCUT2D eigenvalue weighted by atomic mass is 10.1. The van der Waals surface area contributed by atoms with Crippen molar-refractivity contribution in [2.45, 2.75) is 24.7 Å². The van der Waals surface area contributed by atoms with E-state index in [0.717, 1.165) is 5.56 Å². The molecule has 0 aliphatic carbocycles. The number of rotatable bonds is 5. The van der Waals surface area contributed by atoms with Crippen molar-refractivity contribution in [1.82, 2.24) is 0 Å². The number of amides is 1. The number of fused-ring (bicyclic) bond motifs is 1. The van der Waals surface area contributed by atoms with Gasteiger partial charge in [-0.15, -0.1) is 0 Å². The van der Waals surface area contributed by atoms with E-state index in [1.54, 1.807) is 19.1 Å². The largest absolute Gasteiger partial charge is 0.454 e. The van der Waals surface area contributed by atoms with Crippen molar-refractivity contribution in [2.75, 3.05) is 12.1 Å². The average molecular weight is 362 g/mol. The van der Waals surface area contributed by atoms with Crippen LogP contribution in [0.15, 0.2) is 41.3 Å². The van der Waals surface area contributed by atoms with E-state index in [-0.39, 0.29) is 24.0 Å². The lowest BCUT2D eigenvalue weighted by molar-refractivity contribution is -0.116. The average Bonchev–Trinajstić information content (AvgIpc) is 3.01. The van der Waals surface area contributed by atoms with Gasteiger partial charge in [0.25, 0.3) is 0 Å². The standard InChI is InChI=1S/C17H18N2O5S/c1-11-2-5-13(9-16(11)25(18,21)22)19-17(20)7-4-12-3-6-14-15(8-12)24-10-23-14/h2-3,5-6,8-9H,4,7,10H2,1H3,(H,19,20)(H2,18,21,22). The number of nitrogens with one attached hydrogen (secondary N) is 1. The zero-order chi connectivity index (χ0) is 18.0. The van der Waals surface area contributed by atoms with Crippen LogP contribution < -0.4 is 19.9 Å². The number of carbonyl (C=O) groups is 1. The molecule has 1 heterocycles. The normalized spacial score (nSPS) is 12.9. The van der Waals surface area contributed by atoms with Gasteiger partial charge >= 0.3 is 0 Å². The fourth-order valence-electron chi connectivity index (χ4n) is 2.56. The van der Waals surface area contributed by atoms with Crippen LogP contribution in [0.5, 0.6) is 11.5 Å². The minimum Gasteiger partial charge on any atom is -0.454 e. The van der Waals surface area contributed by atoms with Crippen LogP contribution in [-0.4, -0.2) is 21.1 Å². The predicted molar refractivity (Wildman–Crippen MR) is 92.1 cm³/mol. The zero-order valence-corrected chi connectivity index (χ0v) is 14.4. The van der Waals surface area contributed by atoms with Crippen molar-refractivity contribution in [1.29, 1.82) is 0 Å². The number of aryl methyl sites for hydroxylation is 2. The number of hydrogen-bond acceptors (Lipinski definition) is 5. The van der Waals surface area contributed by atoms with Gasteiger partial charge in [-0.2, -0.15) is 0 Å². The number of ether oxygens (including phenoxy) is 2. The van der Waals surface area contributed by atoms with Crippen LogP contribution in [0.4, 0.5) is 5.69 Å². The highest BCUT2D eigenvalue weighted by molar-refractivity contribution is 7.89. The molecule has 0 unspecified atom stereocenters. The number of sulfonamides is 1. The fraction of sp³-hybridized carbons (Fsp3) is 0.235. The third kappa shape index (κ3) is 4.09. The van der Waals surface area contributed by atoms with E-state index in [0.29, 0.717) is 29.2 Å². The Bertz CT molecular complexity index is 925. The van der Waals surface area contributed by atoms with Gasteiger partial charge in [0.2, 0.25) is 22.7 Å². The Morgan fingerprint density at radius 2 is 1.92 bits per heavy atom. The molecule has 1 aliphatic heterocycles. The highest BCUT2D eigenvalue weighted by Gasteiger charge is 2.15. The summed E-state index contributed by atoms with van der Waals surface area (Å²) in [5.41, 5.74) is 1.87. The number of benzene rings is 2. The van der Waals surface area contributed by atoms with Crippen molar-refractivity contribution < 1.29 is 22.7 Å². The van der Waals surface area contributed by atoms with Crippen LogP contribution >= 0.6 is 0 Å². The molecule has 7 nitrogen and oxygen atoms in total. The van der Waals surface area contributed by atoms with Gasteiger partial charge in [-0.1, -0.05) is 12.1 Å². The SMILES string of the molecule is Cc1ccc(NC(=O)CCc2ccc3c(c2)OCO3)cc1S(N)(=O)=O. The zero-order valence-electron chi connectivity index (χ0n) is 13.6. The summed E-state index contributed by atoms with van der Waals surface area (Å²) in [5, 5.41) is 7.86. The topological polar surface area (TPSA) is 108 Å². The summed E-state index contributed by atoms with van der Waals surface area (Å²) in [6.45, 7) is 1.85. The molecule has 0 spiro atoms. The first-order valence-electron chi connectivity index (χ1n) is 7.65. The van der Waals surface area contributed by atoms with Crippen LogP contribution in [0.25, 0.3) is 0 Å². The first kappa shape index (κ1) is 17.2. The molecule has 132 valence electrons. The smallest absolute Gasteiger partial charge is 0.238 e. The first-order valence-corrected chi connectivity index (χ1v) is 9.19. The highest BCUT2D eigenvalue weighted by Crippen LogP contribution is 2.32. The summed E-state index contributed by atoms with van der Waals surface area (Å²) in [6, 6.07) is 10.2. The third-order valence-corrected chi connectivity index (χ3v) is 4.91. The van der Waals surface area contributed by atoms with Crippen LogP contribution in [0.1, 0.15) is 17.5 Å². The van der Waals surface area contributed by atoms with Gasteiger partial charge in [0, 0.05) is 12.1 Å². The van der Waals surface area contributed by atoms with Crippen molar-refractivity contribution >= 4 is 21.6 Å². The summed E-state index contributed by atoms with van der Waals surface area (Å²) < 4.78 is 33.6. The van der Waals surface area contributed by atoms with Gasteiger partial charge in [0.1, 0.15) is 0 Å². The van der Waals surface area contributed by atoms with Gasteiger partial charge in [0.05, 0.1) is 4.90 Å². The van der Waals surface area contributed by atoms with Crippen LogP contribution in [0, 0.1) is 6.92 Å². The van der Waals surface area contributed by atoms with Crippen molar-refractivity contribution in [3.8, 4) is 11.5 Å². The maximum atomic E-state index is 12.1.